The van der Waals surface area contributed by atoms with Crippen LogP contribution in [0.5, 0.6) is 0 Å². The number of carbonyl (C=O) groups is 1. The van der Waals surface area contributed by atoms with Gasteiger partial charge in [-0.2, -0.15) is 13.2 Å². The van der Waals surface area contributed by atoms with Crippen molar-refractivity contribution in [2.24, 2.45) is 0 Å². The lowest BCUT2D eigenvalue weighted by molar-refractivity contribution is -0.137. The van der Waals surface area contributed by atoms with E-state index in [4.69, 9.17) is 0 Å². The fourth-order valence-electron chi connectivity index (χ4n) is 1.92. The smallest absolute Gasteiger partial charge is 0.322 e. The van der Waals surface area contributed by atoms with E-state index in [2.05, 4.69) is 10.6 Å². The first-order chi connectivity index (χ1) is 9.38. The van der Waals surface area contributed by atoms with E-state index < -0.39 is 29.3 Å². The third-order valence-corrected chi connectivity index (χ3v) is 2.93. The minimum Gasteiger partial charge on any atom is -0.322 e. The minimum atomic E-state index is -4.73. The maximum atomic E-state index is 12.9. The number of urea groups is 1. The van der Waals surface area contributed by atoms with Crippen LogP contribution in [0.2, 0.25) is 0 Å². The zero-order valence-corrected chi connectivity index (χ0v) is 10.4. The second kappa shape index (κ2) is 5.66. The molecule has 2 amide bonds. The number of piperazine rings is 1. The Balaban J connectivity index is 2.18. The lowest BCUT2D eigenvalue weighted by Crippen LogP contribution is -2.48. The van der Waals surface area contributed by atoms with E-state index in [0.717, 1.165) is 12.1 Å². The average Bonchev–Trinajstić information content (AvgIpc) is 2.40. The van der Waals surface area contributed by atoms with Crippen molar-refractivity contribution < 1.29 is 22.4 Å². The van der Waals surface area contributed by atoms with Crippen LogP contribution in [0.4, 0.5) is 28.0 Å². The minimum absolute atomic E-state index is 0.368. The normalized spacial score (nSPS) is 16.1. The number of nitrogens with one attached hydrogen (secondary N) is 2. The molecule has 2 rings (SSSR count). The Labute approximate surface area is 112 Å². The monoisotopic (exact) mass is 291 g/mol. The molecule has 0 unspecified atom stereocenters. The van der Waals surface area contributed by atoms with Gasteiger partial charge in [-0.15, -0.1) is 0 Å². The van der Waals surface area contributed by atoms with Crippen molar-refractivity contribution >= 4 is 11.7 Å². The maximum absolute atomic E-state index is 12.9. The molecule has 1 heterocycles. The molecule has 2 N–H and O–H groups in total. The first-order valence-electron chi connectivity index (χ1n) is 6.01. The first kappa shape index (κ1) is 14.6. The van der Waals surface area contributed by atoms with Crippen LogP contribution >= 0.6 is 0 Å². The Morgan fingerprint density at radius 2 is 1.90 bits per heavy atom. The Kier molecular flexibility index (Phi) is 4.12. The highest BCUT2D eigenvalue weighted by Crippen LogP contribution is 2.35. The van der Waals surface area contributed by atoms with Crippen molar-refractivity contribution in [3.8, 4) is 0 Å². The fraction of sp³-hybridized carbons (Fsp3) is 0.417. The zero-order valence-electron chi connectivity index (χ0n) is 10.4. The van der Waals surface area contributed by atoms with Gasteiger partial charge in [0.25, 0.3) is 0 Å². The molecule has 1 aliphatic heterocycles. The van der Waals surface area contributed by atoms with Gasteiger partial charge in [-0.1, -0.05) is 0 Å². The Hall–Kier alpha value is -1.83. The Morgan fingerprint density at radius 3 is 2.50 bits per heavy atom. The lowest BCUT2D eigenvalue weighted by Gasteiger charge is -2.28. The SMILES string of the molecule is O=C(Nc1ccc(F)cc1C(F)(F)F)N1CCNCC1. The number of benzene rings is 1. The number of amides is 2. The molecule has 1 aromatic carbocycles. The molecule has 0 atom stereocenters. The number of carbonyl (C=O) groups excluding carboxylic acids is 1. The van der Waals surface area contributed by atoms with Crippen molar-refractivity contribution in [1.29, 1.82) is 0 Å². The summed E-state index contributed by atoms with van der Waals surface area (Å²) in [5, 5.41) is 5.21. The molecule has 20 heavy (non-hydrogen) atoms. The predicted octanol–water partition coefficient (Wildman–Crippen LogP) is 2.28. The summed E-state index contributed by atoms with van der Waals surface area (Å²) < 4.78 is 51.3. The molecular weight excluding hydrogens is 278 g/mol. The summed E-state index contributed by atoms with van der Waals surface area (Å²) in [6.07, 6.45) is -4.73. The third kappa shape index (κ3) is 3.38. The van der Waals surface area contributed by atoms with Crippen molar-refractivity contribution in [1.82, 2.24) is 10.2 Å². The van der Waals surface area contributed by atoms with Gasteiger partial charge in [-0.25, -0.2) is 9.18 Å². The largest absolute Gasteiger partial charge is 0.418 e. The summed E-state index contributed by atoms with van der Waals surface area (Å²) in [4.78, 5) is 13.3. The summed E-state index contributed by atoms with van der Waals surface area (Å²) in [6, 6.07) is 1.54. The third-order valence-electron chi connectivity index (χ3n) is 2.93. The van der Waals surface area contributed by atoms with Gasteiger partial charge in [0.2, 0.25) is 0 Å². The number of rotatable bonds is 1. The maximum Gasteiger partial charge on any atom is 0.418 e. The number of hydrogen-bond donors (Lipinski definition) is 2. The number of anilines is 1. The highest BCUT2D eigenvalue weighted by atomic mass is 19.4. The molecular formula is C12H13F4N3O. The highest BCUT2D eigenvalue weighted by molar-refractivity contribution is 5.90. The van der Waals surface area contributed by atoms with Crippen molar-refractivity contribution in [2.45, 2.75) is 6.18 Å². The zero-order chi connectivity index (χ0) is 14.8. The second-order valence-electron chi connectivity index (χ2n) is 4.35. The molecule has 1 saturated heterocycles. The predicted molar refractivity (Wildman–Crippen MR) is 64.9 cm³/mol. The molecule has 0 saturated carbocycles. The number of nitrogens with zero attached hydrogens (tertiary/aromatic N) is 1. The van der Waals surface area contributed by atoms with Crippen LogP contribution in [0, 0.1) is 5.82 Å². The fourth-order valence-corrected chi connectivity index (χ4v) is 1.92. The highest BCUT2D eigenvalue weighted by Gasteiger charge is 2.34. The lowest BCUT2D eigenvalue weighted by atomic mass is 10.1. The second-order valence-corrected chi connectivity index (χ2v) is 4.35. The summed E-state index contributed by atoms with van der Waals surface area (Å²) in [7, 11) is 0. The molecule has 0 aliphatic carbocycles. The van der Waals surface area contributed by atoms with Gasteiger partial charge in [0.1, 0.15) is 5.82 Å². The van der Waals surface area contributed by atoms with Crippen LogP contribution in [0.25, 0.3) is 0 Å². The van der Waals surface area contributed by atoms with Gasteiger partial charge in [-0.05, 0) is 18.2 Å². The van der Waals surface area contributed by atoms with E-state index in [-0.39, 0.29) is 0 Å². The molecule has 4 nitrogen and oxygen atoms in total. The van der Waals surface area contributed by atoms with E-state index in [9.17, 15) is 22.4 Å². The Morgan fingerprint density at radius 1 is 1.25 bits per heavy atom. The first-order valence-corrected chi connectivity index (χ1v) is 6.01. The Bertz CT molecular complexity index is 498. The summed E-state index contributed by atoms with van der Waals surface area (Å²) in [6.45, 7) is 1.99. The van der Waals surface area contributed by atoms with Gasteiger partial charge < -0.3 is 15.5 Å². The number of alkyl halides is 3. The van der Waals surface area contributed by atoms with E-state index >= 15 is 0 Å². The molecule has 8 heteroatoms. The van der Waals surface area contributed by atoms with Gasteiger partial charge in [-0.3, -0.25) is 0 Å². The van der Waals surface area contributed by atoms with E-state index in [0.29, 0.717) is 32.2 Å². The molecule has 1 aromatic rings. The molecule has 110 valence electrons. The van der Waals surface area contributed by atoms with Gasteiger partial charge in [0.05, 0.1) is 11.3 Å². The molecule has 0 aromatic heterocycles. The van der Waals surface area contributed by atoms with Crippen LogP contribution in [0.3, 0.4) is 0 Å². The van der Waals surface area contributed by atoms with Crippen LogP contribution < -0.4 is 10.6 Å². The number of halogens is 4. The average molecular weight is 291 g/mol. The van der Waals surface area contributed by atoms with Gasteiger partial charge in [0, 0.05) is 26.2 Å². The molecule has 0 spiro atoms. The van der Waals surface area contributed by atoms with Crippen LogP contribution in [0.15, 0.2) is 18.2 Å². The van der Waals surface area contributed by atoms with Crippen molar-refractivity contribution in [3.63, 3.8) is 0 Å². The van der Waals surface area contributed by atoms with Gasteiger partial charge in [0.15, 0.2) is 0 Å². The quantitative estimate of drug-likeness (QED) is 0.780. The van der Waals surface area contributed by atoms with E-state index in [1.165, 1.54) is 4.90 Å². The number of hydrogen-bond acceptors (Lipinski definition) is 2. The van der Waals surface area contributed by atoms with Gasteiger partial charge >= 0.3 is 12.2 Å². The topological polar surface area (TPSA) is 44.4 Å². The molecule has 0 radical (unpaired) electrons. The molecule has 1 fully saturated rings. The summed E-state index contributed by atoms with van der Waals surface area (Å²) in [5.74, 6) is -1.00. The van der Waals surface area contributed by atoms with Crippen molar-refractivity contribution in [2.75, 3.05) is 31.5 Å². The van der Waals surface area contributed by atoms with Crippen LogP contribution in [-0.4, -0.2) is 37.1 Å². The molecule has 1 aliphatic rings. The van der Waals surface area contributed by atoms with Crippen molar-refractivity contribution in [3.05, 3.63) is 29.6 Å². The summed E-state index contributed by atoms with van der Waals surface area (Å²) >= 11 is 0. The molecule has 0 bridgehead atoms. The van der Waals surface area contributed by atoms with E-state index in [1.54, 1.807) is 0 Å². The standard InChI is InChI=1S/C12H13F4N3O/c13-8-1-2-10(9(7-8)12(14,15)16)18-11(20)19-5-3-17-4-6-19/h1-2,7,17H,3-6H2,(H,18,20). The summed E-state index contributed by atoms with van der Waals surface area (Å²) in [5.41, 5.74) is -1.64. The van der Waals surface area contributed by atoms with E-state index in [1.807, 2.05) is 0 Å². The van der Waals surface area contributed by atoms with Crippen LogP contribution in [-0.2, 0) is 6.18 Å². The van der Waals surface area contributed by atoms with Crippen LogP contribution in [0.1, 0.15) is 5.56 Å².